The first-order valence-corrected chi connectivity index (χ1v) is 9.40. The summed E-state index contributed by atoms with van der Waals surface area (Å²) >= 11 is 6.22. The highest BCUT2D eigenvalue weighted by Gasteiger charge is 2.50. The number of benzene rings is 2. The van der Waals surface area contributed by atoms with Crippen molar-refractivity contribution in [2.45, 2.75) is 18.9 Å². The first kappa shape index (κ1) is 19.1. The van der Waals surface area contributed by atoms with Gasteiger partial charge in [0.25, 0.3) is 11.8 Å². The van der Waals surface area contributed by atoms with Gasteiger partial charge >= 0.3 is 6.03 Å². The van der Waals surface area contributed by atoms with Gasteiger partial charge in [0, 0.05) is 12.0 Å². The second-order valence-corrected chi connectivity index (χ2v) is 7.25. The second kappa shape index (κ2) is 7.29. The summed E-state index contributed by atoms with van der Waals surface area (Å²) in [5.74, 6) is -0.565. The molecule has 4 amide bonds. The number of rotatable bonds is 3. The average Bonchev–Trinajstić information content (AvgIpc) is 2.88. The number of hydrazine groups is 1. The van der Waals surface area contributed by atoms with Gasteiger partial charge in [-0.05, 0) is 24.6 Å². The molecule has 0 aromatic heterocycles. The van der Waals surface area contributed by atoms with Crippen molar-refractivity contribution in [1.29, 1.82) is 0 Å². The van der Waals surface area contributed by atoms with Crippen molar-refractivity contribution in [3.8, 4) is 11.5 Å². The summed E-state index contributed by atoms with van der Waals surface area (Å²) in [6, 6.07) is 10.9. The third-order valence-electron chi connectivity index (χ3n) is 4.82. The number of halogens is 1. The Kier molecular flexibility index (Phi) is 4.79. The molecule has 1 atom stereocenters. The largest absolute Gasteiger partial charge is 0.489 e. The molecule has 2 aromatic rings. The maximum Gasteiger partial charge on any atom is 0.344 e. The Bertz CT molecular complexity index is 997. The van der Waals surface area contributed by atoms with Gasteiger partial charge in [-0.25, -0.2) is 4.79 Å². The summed E-state index contributed by atoms with van der Waals surface area (Å²) in [5, 5.41) is 3.51. The minimum atomic E-state index is -1.28. The molecule has 2 aliphatic rings. The first-order valence-electron chi connectivity index (χ1n) is 9.02. The van der Waals surface area contributed by atoms with E-state index in [1.54, 1.807) is 31.2 Å². The Labute approximate surface area is 171 Å². The van der Waals surface area contributed by atoms with Crippen LogP contribution in [0.2, 0.25) is 5.02 Å². The maximum absolute atomic E-state index is 12.9. The lowest BCUT2D eigenvalue weighted by molar-refractivity contribution is -0.132. The van der Waals surface area contributed by atoms with Crippen molar-refractivity contribution < 1.29 is 23.9 Å². The Hall–Kier alpha value is -3.26. The zero-order chi connectivity index (χ0) is 20.6. The quantitative estimate of drug-likeness (QED) is 0.751. The standard InChI is InChI=1S/C20H18ClN3O5/c1-20(13-6-3-2-4-7-13)18(26)24(19(27)22-20)23-17(25)12-10-14(21)16-15(11-12)28-8-5-9-29-16/h2-4,6-7,10-11H,5,8-9H2,1H3,(H,22,27)(H,23,25). The number of nitrogens with zero attached hydrogens (tertiary/aromatic N) is 1. The van der Waals surface area contributed by atoms with Crippen LogP contribution < -0.4 is 20.2 Å². The molecule has 2 aromatic carbocycles. The second-order valence-electron chi connectivity index (χ2n) is 6.84. The van der Waals surface area contributed by atoms with Crippen LogP contribution >= 0.6 is 11.6 Å². The summed E-state index contributed by atoms with van der Waals surface area (Å²) in [6.07, 6.45) is 0.688. The Morgan fingerprint density at radius 2 is 1.90 bits per heavy atom. The summed E-state index contributed by atoms with van der Waals surface area (Å²) in [5.41, 5.74) is 1.80. The predicted octanol–water partition coefficient (Wildman–Crippen LogP) is 2.61. The predicted molar refractivity (Wildman–Crippen MR) is 104 cm³/mol. The van der Waals surface area contributed by atoms with Crippen LogP contribution in [-0.2, 0) is 10.3 Å². The number of imide groups is 1. The lowest BCUT2D eigenvalue weighted by atomic mass is 9.92. The molecular weight excluding hydrogens is 398 g/mol. The van der Waals surface area contributed by atoms with E-state index >= 15 is 0 Å². The molecule has 1 saturated heterocycles. The highest BCUT2D eigenvalue weighted by molar-refractivity contribution is 6.32. The maximum atomic E-state index is 12.9. The smallest absolute Gasteiger partial charge is 0.344 e. The molecule has 2 N–H and O–H groups in total. The minimum absolute atomic E-state index is 0.133. The van der Waals surface area contributed by atoms with Crippen molar-refractivity contribution >= 4 is 29.4 Å². The topological polar surface area (TPSA) is 97.0 Å². The number of amides is 4. The van der Waals surface area contributed by atoms with Crippen LogP contribution in [0.15, 0.2) is 42.5 Å². The molecule has 0 spiro atoms. The van der Waals surface area contributed by atoms with E-state index in [0.717, 1.165) is 0 Å². The van der Waals surface area contributed by atoms with Gasteiger partial charge in [0.15, 0.2) is 11.5 Å². The first-order chi connectivity index (χ1) is 13.9. The molecule has 8 nitrogen and oxygen atoms in total. The number of nitrogens with one attached hydrogen (secondary N) is 2. The Morgan fingerprint density at radius 1 is 1.17 bits per heavy atom. The van der Waals surface area contributed by atoms with E-state index in [2.05, 4.69) is 10.7 Å². The van der Waals surface area contributed by atoms with E-state index < -0.39 is 23.4 Å². The average molecular weight is 416 g/mol. The molecule has 0 radical (unpaired) electrons. The van der Waals surface area contributed by atoms with Crippen LogP contribution in [0, 0.1) is 0 Å². The number of fused-ring (bicyclic) bond motifs is 1. The molecule has 2 heterocycles. The molecular formula is C20H18ClN3O5. The van der Waals surface area contributed by atoms with Crippen molar-refractivity contribution in [1.82, 2.24) is 15.8 Å². The lowest BCUT2D eigenvalue weighted by Gasteiger charge is -2.22. The van der Waals surface area contributed by atoms with Crippen LogP contribution in [0.4, 0.5) is 4.79 Å². The molecule has 0 aliphatic carbocycles. The summed E-state index contributed by atoms with van der Waals surface area (Å²) in [6.45, 7) is 2.47. The Balaban J connectivity index is 1.57. The zero-order valence-electron chi connectivity index (χ0n) is 15.5. The van der Waals surface area contributed by atoms with Crippen molar-refractivity contribution in [3.05, 3.63) is 58.6 Å². The van der Waals surface area contributed by atoms with E-state index in [0.29, 0.717) is 41.7 Å². The Morgan fingerprint density at radius 3 is 2.66 bits per heavy atom. The van der Waals surface area contributed by atoms with Gasteiger partial charge < -0.3 is 14.8 Å². The van der Waals surface area contributed by atoms with E-state index in [-0.39, 0.29) is 10.6 Å². The number of hydrogen-bond acceptors (Lipinski definition) is 5. The van der Waals surface area contributed by atoms with Crippen molar-refractivity contribution in [3.63, 3.8) is 0 Å². The highest BCUT2D eigenvalue weighted by Crippen LogP contribution is 2.38. The molecule has 150 valence electrons. The third-order valence-corrected chi connectivity index (χ3v) is 5.10. The van der Waals surface area contributed by atoms with Gasteiger partial charge in [0.1, 0.15) is 5.54 Å². The fourth-order valence-corrected chi connectivity index (χ4v) is 3.50. The van der Waals surface area contributed by atoms with Gasteiger partial charge in [-0.2, -0.15) is 5.01 Å². The molecule has 1 fully saturated rings. The molecule has 29 heavy (non-hydrogen) atoms. The number of ether oxygens (including phenoxy) is 2. The monoisotopic (exact) mass is 415 g/mol. The minimum Gasteiger partial charge on any atom is -0.489 e. The number of carbonyl (C=O) groups excluding carboxylic acids is 3. The van der Waals surface area contributed by atoms with E-state index in [1.807, 2.05) is 6.07 Å². The van der Waals surface area contributed by atoms with Gasteiger partial charge in [0.2, 0.25) is 0 Å². The number of hydrogen-bond donors (Lipinski definition) is 2. The molecule has 0 saturated carbocycles. The zero-order valence-corrected chi connectivity index (χ0v) is 16.3. The van der Waals surface area contributed by atoms with E-state index in [1.165, 1.54) is 12.1 Å². The highest BCUT2D eigenvalue weighted by atomic mass is 35.5. The van der Waals surface area contributed by atoms with Crippen LogP contribution in [0.1, 0.15) is 29.3 Å². The van der Waals surface area contributed by atoms with Crippen LogP contribution in [0.3, 0.4) is 0 Å². The number of urea groups is 1. The van der Waals surface area contributed by atoms with E-state index in [4.69, 9.17) is 21.1 Å². The van der Waals surface area contributed by atoms with Crippen molar-refractivity contribution in [2.24, 2.45) is 0 Å². The summed E-state index contributed by atoms with van der Waals surface area (Å²) < 4.78 is 11.1. The molecule has 9 heteroatoms. The van der Waals surface area contributed by atoms with Gasteiger partial charge in [-0.1, -0.05) is 41.9 Å². The fourth-order valence-electron chi connectivity index (χ4n) is 3.24. The van der Waals surface area contributed by atoms with Crippen LogP contribution in [-0.4, -0.2) is 36.1 Å². The summed E-state index contributed by atoms with van der Waals surface area (Å²) in [4.78, 5) is 38.0. The molecule has 0 bridgehead atoms. The molecule has 2 aliphatic heterocycles. The van der Waals surface area contributed by atoms with Crippen molar-refractivity contribution in [2.75, 3.05) is 13.2 Å². The third kappa shape index (κ3) is 3.36. The molecule has 1 unspecified atom stereocenters. The van der Waals surface area contributed by atoms with Gasteiger partial charge in [0.05, 0.1) is 18.2 Å². The van der Waals surface area contributed by atoms with Crippen LogP contribution in [0.5, 0.6) is 11.5 Å². The summed E-state index contributed by atoms with van der Waals surface area (Å²) in [7, 11) is 0. The molecule has 4 rings (SSSR count). The number of carbonyl (C=O) groups is 3. The lowest BCUT2D eigenvalue weighted by Crippen LogP contribution is -2.47. The van der Waals surface area contributed by atoms with Gasteiger partial charge in [-0.15, -0.1) is 0 Å². The van der Waals surface area contributed by atoms with E-state index in [9.17, 15) is 14.4 Å². The fraction of sp³-hybridized carbons (Fsp3) is 0.250. The van der Waals surface area contributed by atoms with Gasteiger partial charge in [-0.3, -0.25) is 15.0 Å². The van der Waals surface area contributed by atoms with Crippen LogP contribution in [0.25, 0.3) is 0 Å². The normalized spacial score (nSPS) is 20.8. The SMILES string of the molecule is CC1(c2ccccc2)NC(=O)N(NC(=O)c2cc(Cl)c3c(c2)OCCCO3)C1=O.